The van der Waals surface area contributed by atoms with E-state index in [1.54, 1.807) is 36.4 Å². The van der Waals surface area contributed by atoms with Crippen LogP contribution in [0.25, 0.3) is 0 Å². The number of nitrogens with zero attached hydrogens (tertiary/aromatic N) is 1. The van der Waals surface area contributed by atoms with Crippen molar-refractivity contribution >= 4 is 11.7 Å². The lowest BCUT2D eigenvalue weighted by molar-refractivity contribution is 0.0945. The summed E-state index contributed by atoms with van der Waals surface area (Å²) in [7, 11) is 1.51. The molecular weight excluding hydrogens is 228 g/mol. The number of ketones is 1. The molecule has 18 heavy (non-hydrogen) atoms. The highest BCUT2D eigenvalue weighted by Gasteiger charge is 2.18. The highest BCUT2D eigenvalue weighted by atomic mass is 16.2. The fourth-order valence-corrected chi connectivity index (χ4v) is 1.63. The minimum atomic E-state index is -0.366. The Labute approximate surface area is 105 Å². The smallest absolute Gasteiger partial charge is 0.270 e. The molecule has 0 radical (unpaired) electrons. The molecule has 0 unspecified atom stereocenters. The molecule has 0 spiro atoms. The molecule has 2 rings (SSSR count). The number of benzene rings is 1. The number of rotatable bonds is 3. The zero-order valence-corrected chi connectivity index (χ0v) is 9.88. The largest absolute Gasteiger partial charge is 0.354 e. The minimum Gasteiger partial charge on any atom is -0.354 e. The Morgan fingerprint density at radius 2 is 1.78 bits per heavy atom. The van der Waals surface area contributed by atoms with Gasteiger partial charge in [-0.25, -0.2) is 0 Å². The summed E-state index contributed by atoms with van der Waals surface area (Å²) in [6, 6.07) is 12.1. The molecule has 0 atom stereocenters. The molecule has 1 N–H and O–H groups in total. The first-order valence-corrected chi connectivity index (χ1v) is 5.51. The Hall–Kier alpha value is -2.49. The number of aromatic nitrogens is 1. The van der Waals surface area contributed by atoms with Crippen molar-refractivity contribution in [3.8, 4) is 0 Å². The molecule has 1 heterocycles. The summed E-state index contributed by atoms with van der Waals surface area (Å²) < 4.78 is 0. The quantitative estimate of drug-likeness (QED) is 0.830. The second kappa shape index (κ2) is 5.23. The summed E-state index contributed by atoms with van der Waals surface area (Å²) in [4.78, 5) is 27.9. The van der Waals surface area contributed by atoms with Gasteiger partial charge in [0, 0.05) is 18.8 Å². The van der Waals surface area contributed by atoms with E-state index in [-0.39, 0.29) is 17.4 Å². The lowest BCUT2D eigenvalue weighted by Crippen LogP contribution is -2.22. The molecule has 4 nitrogen and oxygen atoms in total. The van der Waals surface area contributed by atoms with E-state index in [0.29, 0.717) is 11.1 Å². The fourth-order valence-electron chi connectivity index (χ4n) is 1.63. The van der Waals surface area contributed by atoms with Crippen molar-refractivity contribution in [1.29, 1.82) is 0 Å². The Bertz CT molecular complexity index is 579. The maximum absolute atomic E-state index is 12.3. The number of amides is 1. The van der Waals surface area contributed by atoms with Crippen LogP contribution in [0.3, 0.4) is 0 Å². The van der Waals surface area contributed by atoms with Gasteiger partial charge in [0.2, 0.25) is 0 Å². The standard InChI is InChI=1S/C14H12N2O2/c1-15-14(18)12-11(8-5-9-16-12)13(17)10-6-3-2-4-7-10/h2-9H,1H3,(H,15,18). The van der Waals surface area contributed by atoms with Crippen molar-refractivity contribution in [3.63, 3.8) is 0 Å². The van der Waals surface area contributed by atoms with E-state index in [2.05, 4.69) is 10.3 Å². The van der Waals surface area contributed by atoms with E-state index < -0.39 is 0 Å². The molecule has 1 amide bonds. The molecule has 4 heteroatoms. The van der Waals surface area contributed by atoms with Gasteiger partial charge < -0.3 is 5.32 Å². The van der Waals surface area contributed by atoms with Gasteiger partial charge in [-0.3, -0.25) is 14.6 Å². The van der Waals surface area contributed by atoms with E-state index in [0.717, 1.165) is 0 Å². The fraction of sp³-hybridized carbons (Fsp3) is 0.0714. The lowest BCUT2D eigenvalue weighted by atomic mass is 10.0. The van der Waals surface area contributed by atoms with E-state index in [1.807, 2.05) is 6.07 Å². The molecule has 0 aliphatic heterocycles. The average Bonchev–Trinajstić information content (AvgIpc) is 2.46. The van der Waals surface area contributed by atoms with Gasteiger partial charge in [0.1, 0.15) is 5.69 Å². The van der Waals surface area contributed by atoms with Gasteiger partial charge in [0.15, 0.2) is 5.78 Å². The van der Waals surface area contributed by atoms with Crippen molar-refractivity contribution in [2.45, 2.75) is 0 Å². The normalized spacial score (nSPS) is 9.83. The van der Waals surface area contributed by atoms with E-state index >= 15 is 0 Å². The predicted octanol–water partition coefficient (Wildman–Crippen LogP) is 1.67. The van der Waals surface area contributed by atoms with Gasteiger partial charge in [-0.1, -0.05) is 30.3 Å². The molecular formula is C14H12N2O2. The minimum absolute atomic E-state index is 0.147. The number of carbonyl (C=O) groups is 2. The second-order valence-electron chi connectivity index (χ2n) is 3.67. The molecule has 1 aromatic carbocycles. The summed E-state index contributed by atoms with van der Waals surface area (Å²) in [5, 5.41) is 2.47. The summed E-state index contributed by atoms with van der Waals surface area (Å²) in [6.07, 6.45) is 1.49. The van der Waals surface area contributed by atoms with E-state index in [1.165, 1.54) is 13.2 Å². The molecule has 1 aromatic heterocycles. The molecule has 0 aliphatic rings. The van der Waals surface area contributed by atoms with Gasteiger partial charge in [0.05, 0.1) is 5.56 Å². The van der Waals surface area contributed by atoms with Crippen LogP contribution in [-0.4, -0.2) is 23.7 Å². The SMILES string of the molecule is CNC(=O)c1ncccc1C(=O)c1ccccc1. The van der Waals surface area contributed by atoms with Crippen molar-refractivity contribution in [2.75, 3.05) is 7.05 Å². The maximum atomic E-state index is 12.3. The Morgan fingerprint density at radius 1 is 1.06 bits per heavy atom. The molecule has 0 bridgehead atoms. The number of hydrogen-bond acceptors (Lipinski definition) is 3. The number of carbonyl (C=O) groups excluding carboxylic acids is 2. The third-order valence-corrected chi connectivity index (χ3v) is 2.53. The topological polar surface area (TPSA) is 59.1 Å². The highest BCUT2D eigenvalue weighted by molar-refractivity contribution is 6.14. The van der Waals surface area contributed by atoms with Crippen molar-refractivity contribution in [2.24, 2.45) is 0 Å². The van der Waals surface area contributed by atoms with Crippen LogP contribution < -0.4 is 5.32 Å². The Morgan fingerprint density at radius 3 is 2.44 bits per heavy atom. The first kappa shape index (κ1) is 12.0. The van der Waals surface area contributed by atoms with Crippen LogP contribution in [0.4, 0.5) is 0 Å². The molecule has 0 saturated carbocycles. The molecule has 0 aliphatic carbocycles. The number of nitrogens with one attached hydrogen (secondary N) is 1. The summed E-state index contributed by atoms with van der Waals surface area (Å²) in [5.41, 5.74) is 0.993. The Kier molecular flexibility index (Phi) is 3.48. The second-order valence-corrected chi connectivity index (χ2v) is 3.67. The Balaban J connectivity index is 2.46. The van der Waals surface area contributed by atoms with Crippen molar-refractivity contribution < 1.29 is 9.59 Å². The summed E-state index contributed by atoms with van der Waals surface area (Å²) >= 11 is 0. The third-order valence-electron chi connectivity index (χ3n) is 2.53. The zero-order chi connectivity index (χ0) is 13.0. The zero-order valence-electron chi connectivity index (χ0n) is 9.88. The average molecular weight is 240 g/mol. The van der Waals surface area contributed by atoms with E-state index in [4.69, 9.17) is 0 Å². The van der Waals surface area contributed by atoms with Gasteiger partial charge in [-0.2, -0.15) is 0 Å². The third kappa shape index (κ3) is 2.27. The predicted molar refractivity (Wildman–Crippen MR) is 67.5 cm³/mol. The van der Waals surface area contributed by atoms with Crippen molar-refractivity contribution in [3.05, 3.63) is 65.5 Å². The first-order chi connectivity index (χ1) is 8.74. The van der Waals surface area contributed by atoms with Gasteiger partial charge in [-0.05, 0) is 12.1 Å². The molecule has 0 saturated heterocycles. The molecule has 2 aromatic rings. The van der Waals surface area contributed by atoms with Crippen LogP contribution in [0.2, 0.25) is 0 Å². The van der Waals surface area contributed by atoms with Crippen LogP contribution in [0.15, 0.2) is 48.7 Å². The highest BCUT2D eigenvalue weighted by Crippen LogP contribution is 2.12. The van der Waals surface area contributed by atoms with Gasteiger partial charge in [-0.15, -0.1) is 0 Å². The number of pyridine rings is 1. The number of hydrogen-bond donors (Lipinski definition) is 1. The van der Waals surface area contributed by atoms with Crippen LogP contribution in [0.5, 0.6) is 0 Å². The van der Waals surface area contributed by atoms with Crippen LogP contribution >= 0.6 is 0 Å². The monoisotopic (exact) mass is 240 g/mol. The van der Waals surface area contributed by atoms with Gasteiger partial charge >= 0.3 is 0 Å². The van der Waals surface area contributed by atoms with Crippen LogP contribution in [0.1, 0.15) is 26.4 Å². The maximum Gasteiger partial charge on any atom is 0.270 e. The van der Waals surface area contributed by atoms with Crippen LogP contribution in [0, 0.1) is 0 Å². The summed E-state index contributed by atoms with van der Waals surface area (Å²) in [5.74, 6) is -0.572. The lowest BCUT2D eigenvalue weighted by Gasteiger charge is -2.06. The first-order valence-electron chi connectivity index (χ1n) is 5.51. The van der Waals surface area contributed by atoms with Gasteiger partial charge in [0.25, 0.3) is 5.91 Å². The molecule has 0 fully saturated rings. The van der Waals surface area contributed by atoms with Crippen molar-refractivity contribution in [1.82, 2.24) is 10.3 Å². The van der Waals surface area contributed by atoms with E-state index in [9.17, 15) is 9.59 Å². The summed E-state index contributed by atoms with van der Waals surface area (Å²) in [6.45, 7) is 0. The molecule has 90 valence electrons. The van der Waals surface area contributed by atoms with Crippen LogP contribution in [-0.2, 0) is 0 Å².